The molecule has 0 amide bonds. The molecule has 1 N–H and O–H groups in total. The highest BCUT2D eigenvalue weighted by molar-refractivity contribution is 7.89. The molecule has 0 fully saturated rings. The second-order valence-electron chi connectivity index (χ2n) is 4.65. The summed E-state index contributed by atoms with van der Waals surface area (Å²) >= 11 is 5.94. The molecule has 0 atom stereocenters. The summed E-state index contributed by atoms with van der Waals surface area (Å²) in [6.45, 7) is 3.84. The topological polar surface area (TPSA) is 83.9 Å². The van der Waals surface area contributed by atoms with Gasteiger partial charge in [0.15, 0.2) is 0 Å². The number of carboxylic acid groups (broad SMARTS) is 1. The Labute approximate surface area is 129 Å². The highest BCUT2D eigenvalue weighted by atomic mass is 35.5. The number of halogens is 1. The van der Waals surface area contributed by atoms with E-state index in [2.05, 4.69) is 0 Å². The van der Waals surface area contributed by atoms with E-state index in [1.54, 1.807) is 13.8 Å². The van der Waals surface area contributed by atoms with Gasteiger partial charge in [0.25, 0.3) is 0 Å². The first-order chi connectivity index (χ1) is 9.71. The van der Waals surface area contributed by atoms with Gasteiger partial charge in [-0.25, -0.2) is 13.2 Å². The molecule has 8 heteroatoms. The molecule has 1 aromatic rings. The lowest BCUT2D eigenvalue weighted by Crippen LogP contribution is -2.39. The Hall–Kier alpha value is -1.15. The van der Waals surface area contributed by atoms with Crippen molar-refractivity contribution < 1.29 is 23.1 Å². The van der Waals surface area contributed by atoms with Crippen LogP contribution in [0.2, 0.25) is 5.02 Å². The molecule has 0 saturated carbocycles. The molecule has 0 unspecified atom stereocenters. The largest absolute Gasteiger partial charge is 0.478 e. The predicted molar refractivity (Wildman–Crippen MR) is 79.3 cm³/mol. The van der Waals surface area contributed by atoms with Gasteiger partial charge in [-0.05, 0) is 32.0 Å². The minimum atomic E-state index is -3.90. The van der Waals surface area contributed by atoms with Crippen molar-refractivity contribution in [2.75, 3.05) is 20.3 Å². The Morgan fingerprint density at radius 1 is 1.43 bits per heavy atom. The van der Waals surface area contributed by atoms with Crippen LogP contribution in [0.25, 0.3) is 0 Å². The average molecular weight is 336 g/mol. The average Bonchev–Trinajstić information content (AvgIpc) is 2.38. The highest BCUT2D eigenvalue weighted by Gasteiger charge is 2.29. The first kappa shape index (κ1) is 17.9. The fourth-order valence-corrected chi connectivity index (χ4v) is 3.92. The number of rotatable bonds is 7. The van der Waals surface area contributed by atoms with Crippen molar-refractivity contribution in [1.82, 2.24) is 4.31 Å². The summed E-state index contributed by atoms with van der Waals surface area (Å²) < 4.78 is 31.5. The third-order valence-corrected chi connectivity index (χ3v) is 5.41. The number of nitrogens with zero attached hydrogens (tertiary/aromatic N) is 1. The molecule has 6 nitrogen and oxygen atoms in total. The molecule has 21 heavy (non-hydrogen) atoms. The van der Waals surface area contributed by atoms with Gasteiger partial charge in [-0.2, -0.15) is 4.31 Å². The molecule has 0 aliphatic heterocycles. The Morgan fingerprint density at radius 3 is 2.52 bits per heavy atom. The molecule has 0 spiro atoms. The van der Waals surface area contributed by atoms with Gasteiger partial charge in [-0.15, -0.1) is 0 Å². The van der Waals surface area contributed by atoms with Gasteiger partial charge in [0.2, 0.25) is 10.0 Å². The zero-order valence-electron chi connectivity index (χ0n) is 12.0. The van der Waals surface area contributed by atoms with Crippen molar-refractivity contribution in [3.63, 3.8) is 0 Å². The van der Waals surface area contributed by atoms with Crippen LogP contribution in [0.5, 0.6) is 0 Å². The summed E-state index contributed by atoms with van der Waals surface area (Å²) in [4.78, 5) is 10.8. The molecule has 0 aromatic heterocycles. The number of aromatic carboxylic acids is 1. The fourth-order valence-electron chi connectivity index (χ4n) is 1.80. The monoisotopic (exact) mass is 335 g/mol. The number of sulfonamides is 1. The molecule has 0 bridgehead atoms. The molecule has 0 radical (unpaired) electrons. The van der Waals surface area contributed by atoms with Crippen LogP contribution in [0.4, 0.5) is 0 Å². The Kier molecular flexibility index (Phi) is 6.15. The van der Waals surface area contributed by atoms with Crippen LogP contribution in [0.3, 0.4) is 0 Å². The lowest BCUT2D eigenvalue weighted by molar-refractivity contribution is 0.0696. The SMILES string of the molecule is COCCN(C(C)C)S(=O)(=O)c1cc(C(=O)O)ccc1Cl. The van der Waals surface area contributed by atoms with Crippen molar-refractivity contribution in [2.24, 2.45) is 0 Å². The van der Waals surface area contributed by atoms with E-state index in [0.29, 0.717) is 0 Å². The predicted octanol–water partition coefficient (Wildman–Crippen LogP) is 2.08. The minimum absolute atomic E-state index is 0.0110. The van der Waals surface area contributed by atoms with Gasteiger partial charge in [0.1, 0.15) is 4.90 Å². The number of hydrogen-bond donors (Lipinski definition) is 1. The number of carbonyl (C=O) groups is 1. The van der Waals surface area contributed by atoms with Crippen LogP contribution in [0.15, 0.2) is 23.1 Å². The molecule has 0 aliphatic rings. The van der Waals surface area contributed by atoms with Gasteiger partial charge in [0.05, 0.1) is 17.2 Å². The second-order valence-corrected chi connectivity index (χ2v) is 6.92. The molecule has 0 heterocycles. The quantitative estimate of drug-likeness (QED) is 0.824. The molecular formula is C13H18ClNO5S. The first-order valence-electron chi connectivity index (χ1n) is 6.25. The standard InChI is InChI=1S/C13H18ClNO5S/c1-9(2)15(6-7-20-3)21(18,19)12-8-10(13(16)17)4-5-11(12)14/h4-5,8-9H,6-7H2,1-3H3,(H,16,17). The Bertz CT molecular complexity index is 615. The van der Waals surface area contributed by atoms with Crippen LogP contribution in [-0.4, -0.2) is 50.1 Å². The fraction of sp³-hybridized carbons (Fsp3) is 0.462. The van der Waals surface area contributed by atoms with Crippen LogP contribution in [0.1, 0.15) is 24.2 Å². The zero-order valence-corrected chi connectivity index (χ0v) is 13.6. The molecule has 0 aliphatic carbocycles. The maximum absolute atomic E-state index is 12.7. The van der Waals surface area contributed by atoms with Crippen LogP contribution < -0.4 is 0 Å². The van der Waals surface area contributed by atoms with Crippen molar-refractivity contribution in [3.05, 3.63) is 28.8 Å². The van der Waals surface area contributed by atoms with Crippen molar-refractivity contribution in [2.45, 2.75) is 24.8 Å². The zero-order chi connectivity index (χ0) is 16.2. The van der Waals surface area contributed by atoms with Crippen molar-refractivity contribution in [1.29, 1.82) is 0 Å². The van der Waals surface area contributed by atoms with Crippen LogP contribution in [0, 0.1) is 0 Å². The second kappa shape index (κ2) is 7.22. The lowest BCUT2D eigenvalue weighted by atomic mass is 10.2. The van der Waals surface area contributed by atoms with Gasteiger partial charge in [-0.3, -0.25) is 0 Å². The molecular weight excluding hydrogens is 318 g/mol. The van der Waals surface area contributed by atoms with E-state index in [9.17, 15) is 13.2 Å². The first-order valence-corrected chi connectivity index (χ1v) is 8.07. The van der Waals surface area contributed by atoms with Crippen LogP contribution in [-0.2, 0) is 14.8 Å². The smallest absolute Gasteiger partial charge is 0.335 e. The summed E-state index contributed by atoms with van der Waals surface area (Å²) in [6, 6.07) is 3.29. The van der Waals surface area contributed by atoms with Crippen molar-refractivity contribution >= 4 is 27.6 Å². The van der Waals surface area contributed by atoms with Gasteiger partial charge in [0, 0.05) is 19.7 Å². The van der Waals surface area contributed by atoms with Crippen molar-refractivity contribution in [3.8, 4) is 0 Å². The van der Waals surface area contributed by atoms with Gasteiger partial charge in [-0.1, -0.05) is 11.6 Å². The van der Waals surface area contributed by atoms with E-state index in [0.717, 1.165) is 6.07 Å². The number of ether oxygens (including phenoxy) is 1. The van der Waals surface area contributed by atoms with E-state index in [-0.39, 0.29) is 34.7 Å². The summed E-state index contributed by atoms with van der Waals surface area (Å²) in [5.41, 5.74) is -0.131. The normalized spacial score (nSPS) is 12.1. The van der Waals surface area contributed by atoms with E-state index >= 15 is 0 Å². The maximum atomic E-state index is 12.7. The minimum Gasteiger partial charge on any atom is -0.478 e. The summed E-state index contributed by atoms with van der Waals surface area (Å²) in [7, 11) is -2.43. The third-order valence-electron chi connectivity index (χ3n) is 2.86. The number of benzene rings is 1. The summed E-state index contributed by atoms with van der Waals surface area (Å²) in [5, 5.41) is 8.97. The van der Waals surface area contributed by atoms with E-state index in [1.807, 2.05) is 0 Å². The van der Waals surface area contributed by atoms with Crippen LogP contribution >= 0.6 is 11.6 Å². The van der Waals surface area contributed by atoms with E-state index in [4.69, 9.17) is 21.4 Å². The summed E-state index contributed by atoms with van der Waals surface area (Å²) in [5.74, 6) is -1.21. The number of carboxylic acids is 1. The van der Waals surface area contributed by atoms with Gasteiger partial charge >= 0.3 is 5.97 Å². The molecule has 118 valence electrons. The Morgan fingerprint density at radius 2 is 2.05 bits per heavy atom. The third kappa shape index (κ3) is 4.16. The van der Waals surface area contributed by atoms with E-state index in [1.165, 1.54) is 23.5 Å². The van der Waals surface area contributed by atoms with E-state index < -0.39 is 16.0 Å². The lowest BCUT2D eigenvalue weighted by Gasteiger charge is -2.26. The molecule has 1 aromatic carbocycles. The summed E-state index contributed by atoms with van der Waals surface area (Å²) in [6.07, 6.45) is 0. The Balaban J connectivity index is 3.33. The molecule has 1 rings (SSSR count). The number of hydrogen-bond acceptors (Lipinski definition) is 4. The number of methoxy groups -OCH3 is 1. The maximum Gasteiger partial charge on any atom is 0.335 e. The highest BCUT2D eigenvalue weighted by Crippen LogP contribution is 2.27. The van der Waals surface area contributed by atoms with Gasteiger partial charge < -0.3 is 9.84 Å². The molecule has 0 saturated heterocycles.